The van der Waals surface area contributed by atoms with Gasteiger partial charge >= 0.3 is 5.97 Å². The molecule has 4 heteroatoms. The smallest absolute Gasteiger partial charge is 0.309 e. The lowest BCUT2D eigenvalue weighted by atomic mass is 9.88. The third-order valence-electron chi connectivity index (χ3n) is 2.21. The summed E-state index contributed by atoms with van der Waals surface area (Å²) >= 11 is 1.60. The van der Waals surface area contributed by atoms with Crippen molar-refractivity contribution in [1.29, 1.82) is 0 Å². The van der Waals surface area contributed by atoms with E-state index >= 15 is 0 Å². The van der Waals surface area contributed by atoms with Gasteiger partial charge in [0.15, 0.2) is 0 Å². The molecule has 1 aromatic heterocycles. The van der Waals surface area contributed by atoms with Gasteiger partial charge in [0.25, 0.3) is 0 Å². The SMILES string of the molecule is Cc1csc(CCC(C)(C)C(=O)O)n1. The van der Waals surface area contributed by atoms with Gasteiger partial charge in [-0.25, -0.2) is 4.98 Å². The van der Waals surface area contributed by atoms with Crippen LogP contribution in [0.15, 0.2) is 5.38 Å². The van der Waals surface area contributed by atoms with Crippen LogP contribution in [0.1, 0.15) is 31.0 Å². The fourth-order valence-electron chi connectivity index (χ4n) is 1.04. The van der Waals surface area contributed by atoms with Crippen molar-refractivity contribution < 1.29 is 9.90 Å². The lowest BCUT2D eigenvalue weighted by molar-refractivity contribution is -0.147. The van der Waals surface area contributed by atoms with Crippen LogP contribution in [0.4, 0.5) is 0 Å². The highest BCUT2D eigenvalue weighted by Gasteiger charge is 2.26. The summed E-state index contributed by atoms with van der Waals surface area (Å²) in [4.78, 5) is 15.1. The van der Waals surface area contributed by atoms with Crippen LogP contribution in [-0.4, -0.2) is 16.1 Å². The summed E-state index contributed by atoms with van der Waals surface area (Å²) in [6.45, 7) is 5.44. The molecule has 14 heavy (non-hydrogen) atoms. The largest absolute Gasteiger partial charge is 0.481 e. The van der Waals surface area contributed by atoms with Crippen LogP contribution in [-0.2, 0) is 11.2 Å². The van der Waals surface area contributed by atoms with Crippen LogP contribution in [0.5, 0.6) is 0 Å². The molecule has 0 bridgehead atoms. The fourth-order valence-corrected chi connectivity index (χ4v) is 1.82. The zero-order chi connectivity index (χ0) is 10.8. The van der Waals surface area contributed by atoms with Crippen LogP contribution in [0.2, 0.25) is 0 Å². The van der Waals surface area contributed by atoms with E-state index in [2.05, 4.69) is 4.98 Å². The third-order valence-corrected chi connectivity index (χ3v) is 3.24. The Bertz CT molecular complexity index is 331. The van der Waals surface area contributed by atoms with Crippen molar-refractivity contribution >= 4 is 17.3 Å². The lowest BCUT2D eigenvalue weighted by Gasteiger charge is -2.17. The van der Waals surface area contributed by atoms with Crippen molar-refractivity contribution in [2.45, 2.75) is 33.6 Å². The molecule has 0 aromatic carbocycles. The van der Waals surface area contributed by atoms with Gasteiger partial charge in [-0.3, -0.25) is 4.79 Å². The van der Waals surface area contributed by atoms with E-state index in [0.29, 0.717) is 6.42 Å². The van der Waals surface area contributed by atoms with Crippen LogP contribution in [0.25, 0.3) is 0 Å². The minimum absolute atomic E-state index is 0.634. The Balaban J connectivity index is 2.52. The summed E-state index contributed by atoms with van der Waals surface area (Å²) in [5.41, 5.74) is 0.359. The zero-order valence-electron chi connectivity index (χ0n) is 8.70. The van der Waals surface area contributed by atoms with Gasteiger partial charge in [-0.1, -0.05) is 0 Å². The Labute approximate surface area is 87.8 Å². The van der Waals surface area contributed by atoms with Gasteiger partial charge in [-0.2, -0.15) is 0 Å². The van der Waals surface area contributed by atoms with Crippen LogP contribution in [0, 0.1) is 12.3 Å². The molecule has 0 aliphatic carbocycles. The second-order valence-electron chi connectivity index (χ2n) is 4.07. The molecule has 1 heterocycles. The standard InChI is InChI=1S/C10H15NO2S/c1-7-6-14-8(11-7)4-5-10(2,3)9(12)13/h6H,4-5H2,1-3H3,(H,12,13). The summed E-state index contributed by atoms with van der Waals surface area (Å²) in [6.07, 6.45) is 1.38. The maximum Gasteiger partial charge on any atom is 0.309 e. The fraction of sp³-hybridized carbons (Fsp3) is 0.600. The molecule has 0 aliphatic rings. The van der Waals surface area contributed by atoms with E-state index in [1.807, 2.05) is 12.3 Å². The maximum absolute atomic E-state index is 10.8. The van der Waals surface area contributed by atoms with Crippen molar-refractivity contribution in [1.82, 2.24) is 4.98 Å². The first-order chi connectivity index (χ1) is 6.42. The summed E-state index contributed by atoms with van der Waals surface area (Å²) in [7, 11) is 0. The zero-order valence-corrected chi connectivity index (χ0v) is 9.52. The molecular formula is C10H15NO2S. The van der Waals surface area contributed by atoms with Gasteiger partial charge in [-0.15, -0.1) is 11.3 Å². The average molecular weight is 213 g/mol. The van der Waals surface area contributed by atoms with Gasteiger partial charge in [0.1, 0.15) is 0 Å². The summed E-state index contributed by atoms with van der Waals surface area (Å²) < 4.78 is 0. The number of carboxylic acid groups (broad SMARTS) is 1. The molecule has 0 saturated carbocycles. The van der Waals surface area contributed by atoms with Crippen molar-refractivity contribution in [3.05, 3.63) is 16.1 Å². The summed E-state index contributed by atoms with van der Waals surface area (Å²) in [6, 6.07) is 0. The minimum Gasteiger partial charge on any atom is -0.481 e. The Morgan fingerprint density at radius 1 is 1.64 bits per heavy atom. The molecule has 3 nitrogen and oxygen atoms in total. The molecule has 1 aromatic rings. The molecule has 0 atom stereocenters. The Morgan fingerprint density at radius 3 is 2.71 bits per heavy atom. The van der Waals surface area contributed by atoms with E-state index in [-0.39, 0.29) is 0 Å². The molecule has 0 aliphatic heterocycles. The normalized spacial score (nSPS) is 11.6. The number of aryl methyl sites for hydroxylation is 2. The van der Waals surface area contributed by atoms with Gasteiger partial charge < -0.3 is 5.11 Å². The first-order valence-corrected chi connectivity index (χ1v) is 5.44. The number of aromatic nitrogens is 1. The van der Waals surface area contributed by atoms with Crippen molar-refractivity contribution in [2.75, 3.05) is 0 Å². The number of aliphatic carboxylic acids is 1. The first kappa shape index (κ1) is 11.2. The third kappa shape index (κ3) is 2.80. The molecule has 1 rings (SSSR count). The van der Waals surface area contributed by atoms with E-state index < -0.39 is 11.4 Å². The van der Waals surface area contributed by atoms with E-state index in [1.54, 1.807) is 25.2 Å². The molecular weight excluding hydrogens is 198 g/mol. The maximum atomic E-state index is 10.8. The Hall–Kier alpha value is -0.900. The number of carbonyl (C=O) groups is 1. The van der Waals surface area contributed by atoms with Crippen molar-refractivity contribution in [2.24, 2.45) is 5.41 Å². The Morgan fingerprint density at radius 2 is 2.29 bits per heavy atom. The molecule has 0 saturated heterocycles. The van der Waals surface area contributed by atoms with E-state index in [1.165, 1.54) is 0 Å². The predicted molar refractivity (Wildman–Crippen MR) is 56.6 cm³/mol. The number of hydrogen-bond acceptors (Lipinski definition) is 3. The van der Waals surface area contributed by atoms with E-state index in [4.69, 9.17) is 5.11 Å². The van der Waals surface area contributed by atoms with E-state index in [0.717, 1.165) is 17.1 Å². The quantitative estimate of drug-likeness (QED) is 0.836. The van der Waals surface area contributed by atoms with Crippen LogP contribution < -0.4 is 0 Å². The lowest BCUT2D eigenvalue weighted by Crippen LogP contribution is -2.24. The van der Waals surface area contributed by atoms with Crippen molar-refractivity contribution in [3.63, 3.8) is 0 Å². The number of carboxylic acids is 1. The van der Waals surface area contributed by atoms with Gasteiger partial charge in [-0.05, 0) is 27.2 Å². The highest BCUT2D eigenvalue weighted by atomic mass is 32.1. The van der Waals surface area contributed by atoms with Crippen molar-refractivity contribution in [3.8, 4) is 0 Å². The monoisotopic (exact) mass is 213 g/mol. The average Bonchev–Trinajstić information content (AvgIpc) is 2.48. The molecule has 78 valence electrons. The Kier molecular flexibility index (Phi) is 3.26. The first-order valence-electron chi connectivity index (χ1n) is 4.56. The van der Waals surface area contributed by atoms with Crippen LogP contribution in [0.3, 0.4) is 0 Å². The number of nitrogens with zero attached hydrogens (tertiary/aromatic N) is 1. The molecule has 1 N–H and O–H groups in total. The molecule has 0 spiro atoms. The molecule has 0 radical (unpaired) electrons. The second kappa shape index (κ2) is 4.09. The predicted octanol–water partition coefficient (Wildman–Crippen LogP) is 2.49. The van der Waals surface area contributed by atoms with Gasteiger partial charge in [0.05, 0.1) is 10.4 Å². The number of rotatable bonds is 4. The molecule has 0 unspecified atom stereocenters. The number of thiazole rings is 1. The minimum atomic E-state index is -0.745. The highest BCUT2D eigenvalue weighted by Crippen LogP contribution is 2.24. The molecule has 0 fully saturated rings. The molecule has 0 amide bonds. The van der Waals surface area contributed by atoms with Crippen LogP contribution >= 0.6 is 11.3 Å². The number of hydrogen-bond donors (Lipinski definition) is 1. The highest BCUT2D eigenvalue weighted by molar-refractivity contribution is 7.09. The topological polar surface area (TPSA) is 50.2 Å². The second-order valence-corrected chi connectivity index (χ2v) is 5.01. The van der Waals surface area contributed by atoms with Gasteiger partial charge in [0.2, 0.25) is 0 Å². The van der Waals surface area contributed by atoms with Gasteiger partial charge in [0, 0.05) is 17.5 Å². The summed E-state index contributed by atoms with van der Waals surface area (Å²) in [5.74, 6) is -0.745. The summed E-state index contributed by atoms with van der Waals surface area (Å²) in [5, 5.41) is 11.9. The van der Waals surface area contributed by atoms with E-state index in [9.17, 15) is 4.79 Å².